The van der Waals surface area contributed by atoms with Gasteiger partial charge in [-0.25, -0.2) is 0 Å². The van der Waals surface area contributed by atoms with Gasteiger partial charge in [-0.1, -0.05) is 148 Å². The number of carbonyl (C=O) groups is 2. The molecule has 0 radical (unpaired) electrons. The number of nitrogens with zero attached hydrogens (tertiary/aromatic N) is 1. The highest BCUT2D eigenvalue weighted by molar-refractivity contribution is 6.05. The molecular formula is C42H80NO2+. The van der Waals surface area contributed by atoms with Gasteiger partial charge in [0, 0.05) is 12.8 Å². The van der Waals surface area contributed by atoms with E-state index >= 15 is 0 Å². The number of likely N-dealkylation sites (N-methyl/N-ethyl adjacent to an activating group) is 1. The highest BCUT2D eigenvalue weighted by atomic mass is 16.2. The zero-order chi connectivity index (χ0) is 33.3. The quantitative estimate of drug-likeness (QED) is 0.0302. The molecule has 0 aromatic carbocycles. The van der Waals surface area contributed by atoms with Gasteiger partial charge < -0.3 is 4.48 Å². The largest absolute Gasteiger partial charge is 0.314 e. The first-order chi connectivity index (χ1) is 21.9. The molecule has 0 aliphatic heterocycles. The predicted molar refractivity (Wildman–Crippen MR) is 200 cm³/mol. The first kappa shape index (κ1) is 43.8. The molecule has 0 aliphatic carbocycles. The van der Waals surface area contributed by atoms with Gasteiger partial charge >= 0.3 is 0 Å². The number of carbonyl (C=O) groups excluding carboxylic acids is 2. The molecule has 3 nitrogen and oxygen atoms in total. The van der Waals surface area contributed by atoms with Gasteiger partial charge in [-0.3, -0.25) is 9.59 Å². The van der Waals surface area contributed by atoms with Crippen LogP contribution in [0.25, 0.3) is 0 Å². The fraction of sp³-hybridized carbons (Fsp3) is 0.857. The summed E-state index contributed by atoms with van der Waals surface area (Å²) in [5, 5.41) is 0. The molecule has 0 spiro atoms. The molecule has 3 heteroatoms. The zero-order valence-corrected chi connectivity index (χ0v) is 31.4. The minimum atomic E-state index is -0.474. The molecule has 0 bridgehead atoms. The van der Waals surface area contributed by atoms with Crippen molar-refractivity contribution in [2.24, 2.45) is 0 Å². The molecule has 0 aromatic heterocycles. The molecule has 0 N–H and O–H groups in total. The van der Waals surface area contributed by atoms with Gasteiger partial charge in [-0.2, -0.15) is 0 Å². The molecule has 45 heavy (non-hydrogen) atoms. The van der Waals surface area contributed by atoms with Gasteiger partial charge in [0.1, 0.15) is 0 Å². The van der Waals surface area contributed by atoms with Gasteiger partial charge in [-0.05, 0) is 70.6 Å². The van der Waals surface area contributed by atoms with Crippen molar-refractivity contribution in [2.45, 2.75) is 213 Å². The van der Waals surface area contributed by atoms with Crippen molar-refractivity contribution < 1.29 is 14.1 Å². The van der Waals surface area contributed by atoms with Crippen molar-refractivity contribution >= 4 is 11.6 Å². The van der Waals surface area contributed by atoms with Gasteiger partial charge in [0.2, 0.25) is 6.04 Å². The van der Waals surface area contributed by atoms with Crippen molar-refractivity contribution in [1.82, 2.24) is 0 Å². The smallest absolute Gasteiger partial charge is 0.206 e. The number of unbranched alkanes of at least 4 members (excludes halogenated alkanes) is 22. The number of quaternary nitrogens is 1. The summed E-state index contributed by atoms with van der Waals surface area (Å²) >= 11 is 0. The van der Waals surface area contributed by atoms with E-state index in [0.717, 1.165) is 38.6 Å². The molecule has 264 valence electrons. The van der Waals surface area contributed by atoms with Crippen LogP contribution in [0, 0.1) is 0 Å². The van der Waals surface area contributed by atoms with Gasteiger partial charge in [-0.15, -0.1) is 0 Å². The van der Waals surface area contributed by atoms with Crippen molar-refractivity contribution in [3.63, 3.8) is 0 Å². The molecule has 0 rings (SSSR count). The lowest BCUT2D eigenvalue weighted by Gasteiger charge is -2.36. The first-order valence-electron chi connectivity index (χ1n) is 20.1. The third kappa shape index (κ3) is 27.6. The monoisotopic (exact) mass is 631 g/mol. The van der Waals surface area contributed by atoms with Gasteiger partial charge in [0.15, 0.2) is 11.6 Å². The minimum Gasteiger partial charge on any atom is -0.314 e. The van der Waals surface area contributed by atoms with E-state index in [1.54, 1.807) is 0 Å². The van der Waals surface area contributed by atoms with Gasteiger partial charge in [0.25, 0.3) is 0 Å². The molecule has 0 amide bonds. The molecule has 0 aliphatic rings. The number of allylic oxidation sites excluding steroid dienone is 4. The second-order valence-electron chi connectivity index (χ2n) is 14.5. The van der Waals surface area contributed by atoms with Crippen LogP contribution in [-0.4, -0.2) is 42.7 Å². The second kappa shape index (κ2) is 32.7. The average molecular weight is 631 g/mol. The maximum absolute atomic E-state index is 13.3. The number of Topliss-reactive ketones (excluding diaryl/α,β-unsaturated/α-hetero) is 2. The topological polar surface area (TPSA) is 34.1 Å². The van der Waals surface area contributed by atoms with Crippen LogP contribution in [-0.2, 0) is 9.59 Å². The van der Waals surface area contributed by atoms with Crippen LogP contribution in [0.4, 0.5) is 0 Å². The van der Waals surface area contributed by atoms with Crippen LogP contribution in [0.15, 0.2) is 24.3 Å². The highest BCUT2D eigenvalue weighted by Crippen LogP contribution is 2.19. The van der Waals surface area contributed by atoms with E-state index in [0.29, 0.717) is 17.3 Å². The first-order valence-corrected chi connectivity index (χ1v) is 20.1. The summed E-state index contributed by atoms with van der Waals surface area (Å²) in [6, 6.07) is -0.474. The maximum atomic E-state index is 13.3. The van der Waals surface area contributed by atoms with E-state index in [4.69, 9.17) is 0 Å². The van der Waals surface area contributed by atoms with E-state index in [1.165, 1.54) is 141 Å². The minimum absolute atomic E-state index is 0.184. The van der Waals surface area contributed by atoms with Crippen LogP contribution in [0.1, 0.15) is 207 Å². The lowest BCUT2D eigenvalue weighted by atomic mass is 9.95. The van der Waals surface area contributed by atoms with Crippen LogP contribution >= 0.6 is 0 Å². The van der Waals surface area contributed by atoms with E-state index in [9.17, 15) is 9.59 Å². The van der Waals surface area contributed by atoms with E-state index in [-0.39, 0.29) is 11.6 Å². The lowest BCUT2D eigenvalue weighted by Crippen LogP contribution is -2.57. The summed E-state index contributed by atoms with van der Waals surface area (Å²) in [6.45, 7) is 7.58. The van der Waals surface area contributed by atoms with Crippen molar-refractivity contribution in [1.29, 1.82) is 0 Å². The average Bonchev–Trinajstić information content (AvgIpc) is 3.01. The summed E-state index contributed by atoms with van der Waals surface area (Å²) in [5.74, 6) is 0.368. The molecule has 0 saturated heterocycles. The molecular weight excluding hydrogens is 550 g/mol. The fourth-order valence-corrected chi connectivity index (χ4v) is 6.68. The van der Waals surface area contributed by atoms with Crippen LogP contribution in [0.5, 0.6) is 0 Å². The van der Waals surface area contributed by atoms with Crippen LogP contribution < -0.4 is 0 Å². The summed E-state index contributed by atoms with van der Waals surface area (Å²) in [7, 11) is 4.17. The van der Waals surface area contributed by atoms with Crippen LogP contribution in [0.3, 0.4) is 0 Å². The van der Waals surface area contributed by atoms with Gasteiger partial charge in [0.05, 0.1) is 20.6 Å². The Kier molecular flexibility index (Phi) is 31.8. The molecule has 0 unspecified atom stereocenters. The van der Waals surface area contributed by atoms with E-state index in [1.807, 2.05) is 0 Å². The molecule has 0 saturated carbocycles. The van der Waals surface area contributed by atoms with Crippen molar-refractivity contribution in [3.05, 3.63) is 24.3 Å². The Morgan fingerprint density at radius 2 is 0.711 bits per heavy atom. The predicted octanol–water partition coefficient (Wildman–Crippen LogP) is 13.1. The summed E-state index contributed by atoms with van der Waals surface area (Å²) < 4.78 is 0.518. The van der Waals surface area contributed by atoms with E-state index < -0.39 is 6.04 Å². The number of ketones is 2. The zero-order valence-electron chi connectivity index (χ0n) is 31.4. The summed E-state index contributed by atoms with van der Waals surface area (Å²) in [6.07, 6.45) is 44.3. The standard InChI is InChI=1S/C42H80NO2/c1-6-9-11-13-15-17-19-21-23-25-27-29-31-33-35-37-40(44)42(43(4,5)39-8-3)41(45)38-36-34-32-30-28-26-24-22-20-18-16-14-12-10-7-2/h21-24,42H,6-20,25-39H2,1-5H3/q+1/b23-21+,24-22+. The third-order valence-electron chi connectivity index (χ3n) is 9.48. The SMILES string of the molecule is CCCCCCCC/C=C/CCCCCCCC(=O)C(C(=O)CCCCCCC/C=C/CCCCCCCC)[N+](C)(C)CCC. The molecule has 0 atom stereocenters. The Morgan fingerprint density at radius 3 is 1.02 bits per heavy atom. The maximum Gasteiger partial charge on any atom is 0.206 e. The Balaban J connectivity index is 4.10. The van der Waals surface area contributed by atoms with Crippen LogP contribution in [0.2, 0.25) is 0 Å². The van der Waals surface area contributed by atoms with Crippen molar-refractivity contribution in [3.8, 4) is 0 Å². The summed E-state index contributed by atoms with van der Waals surface area (Å²) in [5.41, 5.74) is 0. The Hall–Kier alpha value is -1.22. The molecule has 0 fully saturated rings. The summed E-state index contributed by atoms with van der Waals surface area (Å²) in [4.78, 5) is 26.7. The lowest BCUT2D eigenvalue weighted by molar-refractivity contribution is -0.897. The van der Waals surface area contributed by atoms with Crippen molar-refractivity contribution in [2.75, 3.05) is 20.6 Å². The Morgan fingerprint density at radius 1 is 0.422 bits per heavy atom. The highest BCUT2D eigenvalue weighted by Gasteiger charge is 2.39. The van der Waals surface area contributed by atoms with E-state index in [2.05, 4.69) is 59.2 Å². The fourth-order valence-electron chi connectivity index (χ4n) is 6.68. The Labute approximate surface area is 283 Å². The Bertz CT molecular complexity index is 670. The normalized spacial score (nSPS) is 12.3. The molecule has 0 heterocycles. The molecule has 0 aromatic rings. The number of hydrogen-bond donors (Lipinski definition) is 0. The third-order valence-corrected chi connectivity index (χ3v) is 9.48. The second-order valence-corrected chi connectivity index (χ2v) is 14.5. The number of hydrogen-bond acceptors (Lipinski definition) is 2. The number of rotatable bonds is 35.